The highest BCUT2D eigenvalue weighted by Gasteiger charge is 2.22. The Morgan fingerprint density at radius 3 is 2.52 bits per heavy atom. The third kappa shape index (κ3) is 2.95. The van der Waals surface area contributed by atoms with E-state index in [-0.39, 0.29) is 13.6 Å². The van der Waals surface area contributed by atoms with Crippen LogP contribution in [0.3, 0.4) is 0 Å². The SMILES string of the molecule is c1c(CN2CCCCC2)c(-c2cc3ccc4c(c3cn2)OCO4)cc2c1OCO2. The number of nitrogens with zero attached hydrogens (tertiary/aromatic N) is 2. The lowest BCUT2D eigenvalue weighted by Gasteiger charge is -2.27. The van der Waals surface area contributed by atoms with Crippen LogP contribution >= 0.6 is 0 Å². The lowest BCUT2D eigenvalue weighted by Crippen LogP contribution is -2.29. The standard InChI is InChI=1S/C23H22N2O4/c1-2-6-25(7-3-1)12-16-9-21-22(28-13-27-21)10-17(16)19-8-15-4-5-20-23(29-14-26-20)18(15)11-24-19/h4-5,8-11H,1-3,6-7,12-14H2. The van der Waals surface area contributed by atoms with Crippen molar-refractivity contribution in [2.45, 2.75) is 25.8 Å². The fourth-order valence-electron chi connectivity index (χ4n) is 4.45. The molecule has 1 fully saturated rings. The molecule has 0 aliphatic carbocycles. The Balaban J connectivity index is 1.44. The monoisotopic (exact) mass is 390 g/mol. The molecule has 0 unspecified atom stereocenters. The first-order chi connectivity index (χ1) is 14.3. The molecule has 0 radical (unpaired) electrons. The third-order valence-corrected chi connectivity index (χ3v) is 5.95. The molecule has 1 saturated heterocycles. The van der Waals surface area contributed by atoms with Crippen molar-refractivity contribution in [2.75, 3.05) is 26.7 Å². The van der Waals surface area contributed by atoms with E-state index < -0.39 is 0 Å². The average molecular weight is 390 g/mol. The number of fused-ring (bicyclic) bond motifs is 4. The Hall–Kier alpha value is -2.99. The predicted octanol–water partition coefficient (Wildman–Crippen LogP) is 4.35. The van der Waals surface area contributed by atoms with Gasteiger partial charge in [0, 0.05) is 23.7 Å². The maximum absolute atomic E-state index is 5.65. The minimum Gasteiger partial charge on any atom is -0.454 e. The van der Waals surface area contributed by atoms with E-state index in [0.717, 1.165) is 64.7 Å². The molecule has 3 aromatic rings. The van der Waals surface area contributed by atoms with Crippen LogP contribution in [0.1, 0.15) is 24.8 Å². The molecule has 29 heavy (non-hydrogen) atoms. The van der Waals surface area contributed by atoms with Gasteiger partial charge < -0.3 is 18.9 Å². The lowest BCUT2D eigenvalue weighted by molar-refractivity contribution is 0.173. The smallest absolute Gasteiger partial charge is 0.231 e. The zero-order chi connectivity index (χ0) is 19.2. The molecule has 0 saturated carbocycles. The van der Waals surface area contributed by atoms with E-state index in [4.69, 9.17) is 23.9 Å². The number of hydrogen-bond acceptors (Lipinski definition) is 6. The van der Waals surface area contributed by atoms with Gasteiger partial charge in [0.25, 0.3) is 0 Å². The zero-order valence-corrected chi connectivity index (χ0v) is 16.1. The molecule has 0 N–H and O–H groups in total. The number of rotatable bonds is 3. The second-order valence-electron chi connectivity index (χ2n) is 7.79. The van der Waals surface area contributed by atoms with E-state index in [1.54, 1.807) is 0 Å². The highest BCUT2D eigenvalue weighted by atomic mass is 16.7. The summed E-state index contributed by atoms with van der Waals surface area (Å²) in [6.45, 7) is 3.72. The highest BCUT2D eigenvalue weighted by molar-refractivity contribution is 5.93. The summed E-state index contributed by atoms with van der Waals surface area (Å²) in [5.41, 5.74) is 3.25. The zero-order valence-electron chi connectivity index (χ0n) is 16.1. The summed E-state index contributed by atoms with van der Waals surface area (Å²) >= 11 is 0. The van der Waals surface area contributed by atoms with Crippen molar-refractivity contribution in [1.29, 1.82) is 0 Å². The van der Waals surface area contributed by atoms with Crippen molar-refractivity contribution in [2.24, 2.45) is 0 Å². The fraction of sp³-hybridized carbons (Fsp3) is 0.348. The Kier molecular flexibility index (Phi) is 3.97. The molecule has 3 aliphatic rings. The Bertz CT molecular complexity index is 1090. The molecule has 6 heteroatoms. The van der Waals surface area contributed by atoms with Crippen LogP contribution in [-0.2, 0) is 6.54 Å². The first kappa shape index (κ1) is 16.9. The van der Waals surface area contributed by atoms with Crippen molar-refractivity contribution in [3.63, 3.8) is 0 Å². The minimum atomic E-state index is 0.262. The number of hydrogen-bond donors (Lipinski definition) is 0. The van der Waals surface area contributed by atoms with Gasteiger partial charge in [-0.05, 0) is 61.1 Å². The number of benzene rings is 2. The van der Waals surface area contributed by atoms with Gasteiger partial charge in [-0.1, -0.05) is 12.5 Å². The predicted molar refractivity (Wildman–Crippen MR) is 109 cm³/mol. The summed E-state index contributed by atoms with van der Waals surface area (Å²) < 4.78 is 22.4. The van der Waals surface area contributed by atoms with Gasteiger partial charge in [0.05, 0.1) is 5.69 Å². The molecule has 6 nitrogen and oxygen atoms in total. The quantitative estimate of drug-likeness (QED) is 0.663. The number of pyridine rings is 1. The van der Waals surface area contributed by atoms with Gasteiger partial charge in [0.15, 0.2) is 23.0 Å². The Morgan fingerprint density at radius 1 is 0.828 bits per heavy atom. The summed E-state index contributed by atoms with van der Waals surface area (Å²) in [6, 6.07) is 10.3. The molecule has 0 spiro atoms. The second kappa shape index (κ2) is 6.81. The number of ether oxygens (including phenoxy) is 4. The fourth-order valence-corrected chi connectivity index (χ4v) is 4.45. The maximum Gasteiger partial charge on any atom is 0.231 e. The van der Waals surface area contributed by atoms with Crippen LogP contribution in [0.25, 0.3) is 22.0 Å². The van der Waals surface area contributed by atoms with Crippen molar-refractivity contribution in [1.82, 2.24) is 9.88 Å². The molecule has 0 bridgehead atoms. The highest BCUT2D eigenvalue weighted by Crippen LogP contribution is 2.42. The lowest BCUT2D eigenvalue weighted by atomic mass is 9.99. The normalized spacial score (nSPS) is 17.8. The minimum absolute atomic E-state index is 0.262. The summed E-state index contributed by atoms with van der Waals surface area (Å²) in [4.78, 5) is 7.30. The number of likely N-dealkylation sites (tertiary alicyclic amines) is 1. The Labute approximate surface area is 169 Å². The van der Waals surface area contributed by atoms with Crippen molar-refractivity contribution >= 4 is 10.8 Å². The van der Waals surface area contributed by atoms with Crippen molar-refractivity contribution in [3.05, 3.63) is 42.1 Å². The molecule has 0 amide bonds. The van der Waals surface area contributed by atoms with Crippen LogP contribution in [0.5, 0.6) is 23.0 Å². The van der Waals surface area contributed by atoms with E-state index in [9.17, 15) is 0 Å². The van der Waals surface area contributed by atoms with E-state index in [1.807, 2.05) is 12.3 Å². The van der Waals surface area contributed by atoms with Crippen LogP contribution in [0.4, 0.5) is 0 Å². The first-order valence-electron chi connectivity index (χ1n) is 10.2. The molecule has 4 heterocycles. The van der Waals surface area contributed by atoms with E-state index in [1.165, 1.54) is 24.8 Å². The van der Waals surface area contributed by atoms with Gasteiger partial charge >= 0.3 is 0 Å². The largest absolute Gasteiger partial charge is 0.454 e. The first-order valence-corrected chi connectivity index (χ1v) is 10.2. The van der Waals surface area contributed by atoms with Gasteiger partial charge in [-0.25, -0.2) is 0 Å². The van der Waals surface area contributed by atoms with Gasteiger partial charge in [-0.2, -0.15) is 0 Å². The summed E-state index contributed by atoms with van der Waals surface area (Å²) in [5.74, 6) is 3.17. The van der Waals surface area contributed by atoms with Gasteiger partial charge in [0.1, 0.15) is 0 Å². The molecular formula is C23H22N2O4. The molecule has 0 atom stereocenters. The van der Waals surface area contributed by atoms with E-state index in [2.05, 4.69) is 29.2 Å². The van der Waals surface area contributed by atoms with Crippen LogP contribution in [0.15, 0.2) is 36.5 Å². The Morgan fingerprint density at radius 2 is 1.62 bits per heavy atom. The number of piperidine rings is 1. The molecule has 3 aliphatic heterocycles. The average Bonchev–Trinajstić information content (AvgIpc) is 3.42. The second-order valence-corrected chi connectivity index (χ2v) is 7.79. The third-order valence-electron chi connectivity index (χ3n) is 5.95. The van der Waals surface area contributed by atoms with Crippen molar-refractivity contribution < 1.29 is 18.9 Å². The topological polar surface area (TPSA) is 53.1 Å². The summed E-state index contributed by atoms with van der Waals surface area (Å²) in [6.07, 6.45) is 5.74. The molecule has 6 rings (SSSR count). The van der Waals surface area contributed by atoms with Crippen molar-refractivity contribution in [3.8, 4) is 34.3 Å². The summed E-state index contributed by atoms with van der Waals surface area (Å²) in [5, 5.41) is 2.06. The molecule has 148 valence electrons. The molecule has 1 aromatic heterocycles. The summed E-state index contributed by atoms with van der Waals surface area (Å²) in [7, 11) is 0. The van der Waals surface area contributed by atoms with E-state index >= 15 is 0 Å². The molecular weight excluding hydrogens is 368 g/mol. The van der Waals surface area contributed by atoms with Crippen LogP contribution in [-0.4, -0.2) is 36.6 Å². The maximum atomic E-state index is 5.65. The molecule has 2 aromatic carbocycles. The van der Waals surface area contributed by atoms with Gasteiger partial charge in [-0.15, -0.1) is 0 Å². The van der Waals surface area contributed by atoms with Crippen LogP contribution in [0.2, 0.25) is 0 Å². The van der Waals surface area contributed by atoms with Crippen LogP contribution < -0.4 is 18.9 Å². The number of aromatic nitrogens is 1. The van der Waals surface area contributed by atoms with Crippen LogP contribution in [0, 0.1) is 0 Å². The van der Waals surface area contributed by atoms with Gasteiger partial charge in [-0.3, -0.25) is 9.88 Å². The van der Waals surface area contributed by atoms with E-state index in [0.29, 0.717) is 0 Å². The van der Waals surface area contributed by atoms with Gasteiger partial charge in [0.2, 0.25) is 13.6 Å².